The molecule has 5 rings (SSSR count). The number of aromatic amines is 1. The number of benzene rings is 3. The van der Waals surface area contributed by atoms with E-state index in [1.807, 2.05) is 31.2 Å². The highest BCUT2D eigenvalue weighted by Crippen LogP contribution is 2.46. The molecule has 0 saturated carbocycles. The Morgan fingerprint density at radius 3 is 2.58 bits per heavy atom. The van der Waals surface area contributed by atoms with E-state index in [0.717, 1.165) is 11.1 Å². The van der Waals surface area contributed by atoms with E-state index in [-0.39, 0.29) is 17.4 Å². The van der Waals surface area contributed by atoms with Crippen LogP contribution in [-0.2, 0) is 6.54 Å². The number of hydrogen-bond acceptors (Lipinski definition) is 3. The van der Waals surface area contributed by atoms with Crippen molar-refractivity contribution in [2.45, 2.75) is 26.4 Å². The largest absolute Gasteiger partial charge is 0.507 e. The number of rotatable bonds is 4. The van der Waals surface area contributed by atoms with E-state index in [9.17, 15) is 9.90 Å². The van der Waals surface area contributed by atoms with Crippen LogP contribution in [0.3, 0.4) is 0 Å². The molecular formula is C26H21ClFN3O2. The van der Waals surface area contributed by atoms with Gasteiger partial charge < -0.3 is 10.0 Å². The lowest BCUT2D eigenvalue weighted by Crippen LogP contribution is -2.29. The monoisotopic (exact) mass is 461 g/mol. The highest BCUT2D eigenvalue weighted by atomic mass is 35.5. The number of carbonyl (C=O) groups excluding carboxylic acids is 1. The normalized spacial score (nSPS) is 15.2. The molecule has 1 aliphatic heterocycles. The standard InChI is InChI=1S/C26H21ClFN3O2/c1-14-7-9-16(10-8-14)13-31-25(17-5-3-4-6-20(17)28)22-23(29-30-24(22)26(31)33)18-12-19(27)15(2)11-21(18)32/h3-12,25,32H,13H2,1-2H3,(H,29,30). The molecule has 0 spiro atoms. The minimum Gasteiger partial charge on any atom is -0.507 e. The van der Waals surface area contributed by atoms with Crippen molar-refractivity contribution in [2.75, 3.05) is 0 Å². The number of aromatic nitrogens is 2. The Labute approximate surface area is 195 Å². The van der Waals surface area contributed by atoms with Crippen LogP contribution in [0.2, 0.25) is 5.02 Å². The van der Waals surface area contributed by atoms with Crippen molar-refractivity contribution in [3.8, 4) is 17.0 Å². The van der Waals surface area contributed by atoms with Crippen LogP contribution in [0, 0.1) is 19.7 Å². The minimum atomic E-state index is -0.719. The van der Waals surface area contributed by atoms with E-state index in [1.54, 1.807) is 42.2 Å². The molecule has 0 bridgehead atoms. The molecule has 0 radical (unpaired) electrons. The number of aromatic hydroxyl groups is 1. The fourth-order valence-electron chi connectivity index (χ4n) is 4.33. The number of halogens is 2. The maximum Gasteiger partial charge on any atom is 0.273 e. The number of phenolic OH excluding ortho intramolecular Hbond substituents is 1. The van der Waals surface area contributed by atoms with Crippen LogP contribution in [-0.4, -0.2) is 26.1 Å². The fourth-order valence-corrected chi connectivity index (χ4v) is 4.50. The number of amides is 1. The molecule has 7 heteroatoms. The van der Waals surface area contributed by atoms with E-state index in [1.165, 1.54) is 6.07 Å². The number of H-pyrrole nitrogens is 1. The van der Waals surface area contributed by atoms with Crippen molar-refractivity contribution in [1.82, 2.24) is 15.1 Å². The number of phenols is 1. The molecule has 0 fully saturated rings. The van der Waals surface area contributed by atoms with Crippen LogP contribution in [0.25, 0.3) is 11.3 Å². The molecule has 33 heavy (non-hydrogen) atoms. The van der Waals surface area contributed by atoms with E-state index >= 15 is 4.39 Å². The van der Waals surface area contributed by atoms with Crippen molar-refractivity contribution >= 4 is 17.5 Å². The highest BCUT2D eigenvalue weighted by Gasteiger charge is 2.43. The summed E-state index contributed by atoms with van der Waals surface area (Å²) in [6.45, 7) is 4.07. The second-order valence-electron chi connectivity index (χ2n) is 8.32. The lowest BCUT2D eigenvalue weighted by molar-refractivity contribution is 0.0728. The van der Waals surface area contributed by atoms with Crippen molar-refractivity contribution in [2.24, 2.45) is 0 Å². The van der Waals surface area contributed by atoms with Crippen molar-refractivity contribution in [3.63, 3.8) is 0 Å². The zero-order valence-corrected chi connectivity index (χ0v) is 18.8. The van der Waals surface area contributed by atoms with Crippen LogP contribution < -0.4 is 0 Å². The van der Waals surface area contributed by atoms with Gasteiger partial charge in [-0.3, -0.25) is 9.89 Å². The summed E-state index contributed by atoms with van der Waals surface area (Å²) in [5.41, 5.74) is 4.67. The van der Waals surface area contributed by atoms with Gasteiger partial charge in [0.2, 0.25) is 0 Å². The quantitative estimate of drug-likeness (QED) is 0.395. The molecule has 4 aromatic rings. The van der Waals surface area contributed by atoms with Crippen LogP contribution in [0.1, 0.15) is 44.3 Å². The molecular weight excluding hydrogens is 441 g/mol. The Kier molecular flexibility index (Phi) is 5.17. The Morgan fingerprint density at radius 1 is 1.12 bits per heavy atom. The van der Waals surface area contributed by atoms with E-state index in [4.69, 9.17) is 11.6 Å². The number of hydrogen-bond donors (Lipinski definition) is 2. The maximum atomic E-state index is 15.0. The molecule has 166 valence electrons. The summed E-state index contributed by atoms with van der Waals surface area (Å²) in [5, 5.41) is 18.3. The van der Waals surface area contributed by atoms with Gasteiger partial charge in [-0.05, 0) is 43.2 Å². The zero-order valence-electron chi connectivity index (χ0n) is 18.1. The molecule has 1 aliphatic rings. The summed E-state index contributed by atoms with van der Waals surface area (Å²) >= 11 is 6.32. The number of fused-ring (bicyclic) bond motifs is 1. The summed E-state index contributed by atoms with van der Waals surface area (Å²) in [7, 11) is 0. The number of carbonyl (C=O) groups is 1. The summed E-state index contributed by atoms with van der Waals surface area (Å²) in [4.78, 5) is 15.1. The molecule has 5 nitrogen and oxygen atoms in total. The first kappa shape index (κ1) is 21.2. The third-order valence-electron chi connectivity index (χ3n) is 6.07. The van der Waals surface area contributed by atoms with E-state index < -0.39 is 11.9 Å². The summed E-state index contributed by atoms with van der Waals surface area (Å²) in [5.74, 6) is -0.714. The third kappa shape index (κ3) is 3.56. The second-order valence-corrected chi connectivity index (χ2v) is 8.73. The van der Waals surface area contributed by atoms with Gasteiger partial charge in [0.15, 0.2) is 0 Å². The molecule has 1 amide bonds. The van der Waals surface area contributed by atoms with E-state index in [2.05, 4.69) is 10.2 Å². The summed E-state index contributed by atoms with van der Waals surface area (Å²) in [6.07, 6.45) is 0. The zero-order chi connectivity index (χ0) is 23.3. The number of nitrogens with one attached hydrogen (secondary N) is 1. The number of aryl methyl sites for hydroxylation is 2. The first-order valence-electron chi connectivity index (χ1n) is 10.5. The van der Waals surface area contributed by atoms with Crippen LogP contribution in [0.15, 0.2) is 60.7 Å². The summed E-state index contributed by atoms with van der Waals surface area (Å²) < 4.78 is 15.0. The topological polar surface area (TPSA) is 69.2 Å². The van der Waals surface area contributed by atoms with E-state index in [0.29, 0.717) is 39.5 Å². The lowest BCUT2D eigenvalue weighted by atomic mass is 9.94. The SMILES string of the molecule is Cc1ccc(CN2C(=O)c3[nH]nc(-c4cc(Cl)c(C)cc4O)c3C2c2ccccc2F)cc1. The number of nitrogens with zero attached hydrogens (tertiary/aromatic N) is 2. The Balaban J connectivity index is 1.69. The van der Waals surface area contributed by atoms with Gasteiger partial charge in [-0.15, -0.1) is 0 Å². The average molecular weight is 462 g/mol. The molecule has 1 atom stereocenters. The van der Waals surface area contributed by atoms with Gasteiger partial charge in [-0.2, -0.15) is 5.10 Å². The fraction of sp³-hybridized carbons (Fsp3) is 0.154. The van der Waals surface area contributed by atoms with Gasteiger partial charge in [-0.1, -0.05) is 59.6 Å². The van der Waals surface area contributed by atoms with Gasteiger partial charge in [0.25, 0.3) is 5.91 Å². The predicted molar refractivity (Wildman–Crippen MR) is 125 cm³/mol. The predicted octanol–water partition coefficient (Wildman–Crippen LogP) is 5.94. The molecule has 0 aliphatic carbocycles. The van der Waals surface area contributed by atoms with Crippen molar-refractivity contribution < 1.29 is 14.3 Å². The third-order valence-corrected chi connectivity index (χ3v) is 6.48. The molecule has 3 aromatic carbocycles. The molecule has 1 unspecified atom stereocenters. The lowest BCUT2D eigenvalue weighted by Gasteiger charge is -2.27. The Bertz CT molecular complexity index is 1380. The highest BCUT2D eigenvalue weighted by molar-refractivity contribution is 6.31. The maximum absolute atomic E-state index is 15.0. The Hall–Kier alpha value is -3.64. The molecule has 1 aromatic heterocycles. The van der Waals surface area contributed by atoms with Gasteiger partial charge in [0.1, 0.15) is 23.0 Å². The van der Waals surface area contributed by atoms with Gasteiger partial charge in [0.05, 0.1) is 6.04 Å². The Morgan fingerprint density at radius 2 is 1.85 bits per heavy atom. The minimum absolute atomic E-state index is 0.0112. The van der Waals surface area contributed by atoms with Crippen LogP contribution in [0.5, 0.6) is 5.75 Å². The summed E-state index contributed by atoms with van der Waals surface area (Å²) in [6, 6.07) is 16.7. The van der Waals surface area contributed by atoms with Gasteiger partial charge in [-0.25, -0.2) is 4.39 Å². The van der Waals surface area contributed by atoms with Crippen molar-refractivity contribution in [3.05, 3.63) is 105 Å². The first-order valence-corrected chi connectivity index (χ1v) is 10.9. The molecule has 2 heterocycles. The average Bonchev–Trinajstić information content (AvgIpc) is 3.32. The second kappa shape index (κ2) is 8.05. The molecule has 2 N–H and O–H groups in total. The van der Waals surface area contributed by atoms with Gasteiger partial charge in [0, 0.05) is 28.3 Å². The smallest absolute Gasteiger partial charge is 0.273 e. The van der Waals surface area contributed by atoms with Crippen LogP contribution >= 0.6 is 11.6 Å². The first-order chi connectivity index (χ1) is 15.8. The van der Waals surface area contributed by atoms with Crippen LogP contribution in [0.4, 0.5) is 4.39 Å². The van der Waals surface area contributed by atoms with Crippen molar-refractivity contribution in [1.29, 1.82) is 0 Å². The molecule has 0 saturated heterocycles. The van der Waals surface area contributed by atoms with Gasteiger partial charge >= 0.3 is 0 Å².